The number of aromatic nitrogens is 1. The monoisotopic (exact) mass is 238 g/mol. The van der Waals surface area contributed by atoms with Gasteiger partial charge in [0, 0.05) is 17.8 Å². The second kappa shape index (κ2) is 5.11. The zero-order chi connectivity index (χ0) is 13.0. The Kier molecular flexibility index (Phi) is 3.35. The summed E-state index contributed by atoms with van der Waals surface area (Å²) in [6.45, 7) is 1.48. The molecule has 2 rings (SSSR count). The van der Waals surface area contributed by atoms with E-state index in [0.29, 0.717) is 22.8 Å². The molecule has 0 saturated heterocycles. The standard InChI is InChI=1S/C14H10N2O2/c1-10(17)12-5-6-14(16-9-12)18-13-4-2-3-11(7-13)8-15/h2-7,9H,1H3. The molecule has 1 aromatic carbocycles. The lowest BCUT2D eigenvalue weighted by atomic mass is 10.2. The van der Waals surface area contributed by atoms with Gasteiger partial charge < -0.3 is 4.74 Å². The third-order valence-corrected chi connectivity index (χ3v) is 2.33. The number of rotatable bonds is 3. The highest BCUT2D eigenvalue weighted by Crippen LogP contribution is 2.20. The first-order valence-corrected chi connectivity index (χ1v) is 5.34. The van der Waals surface area contributed by atoms with Crippen LogP contribution in [0.3, 0.4) is 0 Å². The fraction of sp³-hybridized carbons (Fsp3) is 0.0714. The molecule has 0 N–H and O–H groups in total. The lowest BCUT2D eigenvalue weighted by Crippen LogP contribution is -1.94. The van der Waals surface area contributed by atoms with Crippen LogP contribution in [0.2, 0.25) is 0 Å². The molecule has 0 spiro atoms. The number of ether oxygens (including phenoxy) is 1. The molecule has 0 atom stereocenters. The van der Waals surface area contributed by atoms with Crippen LogP contribution in [0.5, 0.6) is 11.6 Å². The Morgan fingerprint density at radius 2 is 2.17 bits per heavy atom. The number of Topliss-reactive ketones (excluding diaryl/α,β-unsaturated/α-hetero) is 1. The predicted molar refractivity (Wildman–Crippen MR) is 65.5 cm³/mol. The number of ketones is 1. The van der Waals surface area contributed by atoms with Gasteiger partial charge in [0.1, 0.15) is 5.75 Å². The molecule has 0 aliphatic heterocycles. The second-order valence-corrected chi connectivity index (χ2v) is 3.68. The quantitative estimate of drug-likeness (QED) is 0.771. The van der Waals surface area contributed by atoms with Crippen molar-refractivity contribution in [1.82, 2.24) is 4.98 Å². The Bertz CT molecular complexity index is 612. The lowest BCUT2D eigenvalue weighted by Gasteiger charge is -2.04. The van der Waals surface area contributed by atoms with Crippen molar-refractivity contribution < 1.29 is 9.53 Å². The maximum Gasteiger partial charge on any atom is 0.219 e. The van der Waals surface area contributed by atoms with Gasteiger partial charge in [0.25, 0.3) is 0 Å². The number of hydrogen-bond acceptors (Lipinski definition) is 4. The Balaban J connectivity index is 2.18. The van der Waals surface area contributed by atoms with Gasteiger partial charge in [-0.1, -0.05) is 6.07 Å². The van der Waals surface area contributed by atoms with Crippen LogP contribution in [-0.2, 0) is 0 Å². The summed E-state index contributed by atoms with van der Waals surface area (Å²) in [7, 11) is 0. The highest BCUT2D eigenvalue weighted by atomic mass is 16.5. The third kappa shape index (κ3) is 2.71. The first kappa shape index (κ1) is 11.8. The van der Waals surface area contributed by atoms with E-state index in [9.17, 15) is 4.79 Å². The van der Waals surface area contributed by atoms with Crippen LogP contribution in [0.1, 0.15) is 22.8 Å². The van der Waals surface area contributed by atoms with E-state index in [2.05, 4.69) is 4.98 Å². The van der Waals surface area contributed by atoms with E-state index in [1.165, 1.54) is 13.1 Å². The minimum absolute atomic E-state index is 0.0412. The van der Waals surface area contributed by atoms with Crippen LogP contribution in [0, 0.1) is 11.3 Å². The Morgan fingerprint density at radius 1 is 1.33 bits per heavy atom. The smallest absolute Gasteiger partial charge is 0.219 e. The van der Waals surface area contributed by atoms with Gasteiger partial charge in [0.15, 0.2) is 5.78 Å². The molecule has 4 heteroatoms. The SMILES string of the molecule is CC(=O)c1ccc(Oc2cccc(C#N)c2)nc1. The molecule has 2 aromatic rings. The number of nitrogens with zero attached hydrogens (tertiary/aromatic N) is 2. The number of hydrogen-bond donors (Lipinski definition) is 0. The van der Waals surface area contributed by atoms with E-state index in [4.69, 9.17) is 10.00 Å². The molecule has 0 unspecified atom stereocenters. The molecule has 1 aromatic heterocycles. The van der Waals surface area contributed by atoms with E-state index in [-0.39, 0.29) is 5.78 Å². The number of benzene rings is 1. The Hall–Kier alpha value is -2.67. The first-order chi connectivity index (χ1) is 8.69. The minimum Gasteiger partial charge on any atom is -0.439 e. The molecule has 4 nitrogen and oxygen atoms in total. The summed E-state index contributed by atoms with van der Waals surface area (Å²) in [5.41, 5.74) is 1.06. The van der Waals surface area contributed by atoms with Crippen molar-refractivity contribution in [1.29, 1.82) is 5.26 Å². The largest absolute Gasteiger partial charge is 0.439 e. The first-order valence-electron chi connectivity index (χ1n) is 5.34. The number of nitriles is 1. The van der Waals surface area contributed by atoms with Crippen LogP contribution in [0.25, 0.3) is 0 Å². The molecule has 0 bridgehead atoms. The highest BCUT2D eigenvalue weighted by molar-refractivity contribution is 5.93. The highest BCUT2D eigenvalue weighted by Gasteiger charge is 2.02. The van der Waals surface area contributed by atoms with Gasteiger partial charge in [-0.15, -0.1) is 0 Å². The van der Waals surface area contributed by atoms with Gasteiger partial charge in [-0.2, -0.15) is 5.26 Å². The van der Waals surface area contributed by atoms with E-state index in [1.54, 1.807) is 36.4 Å². The predicted octanol–water partition coefficient (Wildman–Crippen LogP) is 2.95. The summed E-state index contributed by atoms with van der Waals surface area (Å²) in [4.78, 5) is 15.1. The maximum absolute atomic E-state index is 11.1. The molecular weight excluding hydrogens is 228 g/mol. The number of pyridine rings is 1. The van der Waals surface area contributed by atoms with Crippen molar-refractivity contribution in [2.24, 2.45) is 0 Å². The molecule has 0 aliphatic carbocycles. The van der Waals surface area contributed by atoms with Crippen LogP contribution in [0.4, 0.5) is 0 Å². The minimum atomic E-state index is -0.0412. The van der Waals surface area contributed by atoms with Crippen molar-refractivity contribution in [3.05, 3.63) is 53.7 Å². The lowest BCUT2D eigenvalue weighted by molar-refractivity contribution is 0.101. The number of carbonyl (C=O) groups excluding carboxylic acids is 1. The third-order valence-electron chi connectivity index (χ3n) is 2.33. The molecule has 0 saturated carbocycles. The van der Waals surface area contributed by atoms with Crippen LogP contribution >= 0.6 is 0 Å². The molecule has 0 fully saturated rings. The fourth-order valence-electron chi connectivity index (χ4n) is 1.40. The van der Waals surface area contributed by atoms with Crippen molar-refractivity contribution in [3.63, 3.8) is 0 Å². The van der Waals surface area contributed by atoms with Crippen molar-refractivity contribution in [3.8, 4) is 17.7 Å². The van der Waals surface area contributed by atoms with Gasteiger partial charge >= 0.3 is 0 Å². The number of carbonyl (C=O) groups is 1. The van der Waals surface area contributed by atoms with E-state index < -0.39 is 0 Å². The van der Waals surface area contributed by atoms with E-state index in [0.717, 1.165) is 0 Å². The summed E-state index contributed by atoms with van der Waals surface area (Å²) in [5.74, 6) is 0.882. The molecule has 0 amide bonds. The Labute approximate surface area is 104 Å². The van der Waals surface area contributed by atoms with Gasteiger partial charge in [-0.05, 0) is 31.2 Å². The van der Waals surface area contributed by atoms with Gasteiger partial charge in [0.05, 0.1) is 11.6 Å². The summed E-state index contributed by atoms with van der Waals surface area (Å²) >= 11 is 0. The summed E-state index contributed by atoms with van der Waals surface area (Å²) in [5, 5.41) is 8.77. The van der Waals surface area contributed by atoms with Crippen molar-refractivity contribution in [2.45, 2.75) is 6.92 Å². The summed E-state index contributed by atoms with van der Waals surface area (Å²) in [6, 6.07) is 12.1. The summed E-state index contributed by atoms with van der Waals surface area (Å²) in [6.07, 6.45) is 1.46. The van der Waals surface area contributed by atoms with Gasteiger partial charge in [0.2, 0.25) is 5.88 Å². The molecular formula is C14H10N2O2. The molecule has 0 aliphatic rings. The molecule has 1 heterocycles. The van der Waals surface area contributed by atoms with E-state index in [1.807, 2.05) is 6.07 Å². The average molecular weight is 238 g/mol. The molecule has 18 heavy (non-hydrogen) atoms. The fourth-order valence-corrected chi connectivity index (χ4v) is 1.40. The van der Waals surface area contributed by atoms with E-state index >= 15 is 0 Å². The van der Waals surface area contributed by atoms with Crippen LogP contribution in [-0.4, -0.2) is 10.8 Å². The average Bonchev–Trinajstić information content (AvgIpc) is 2.39. The topological polar surface area (TPSA) is 63.0 Å². The summed E-state index contributed by atoms with van der Waals surface area (Å²) < 4.78 is 5.48. The van der Waals surface area contributed by atoms with Crippen molar-refractivity contribution >= 4 is 5.78 Å². The second-order valence-electron chi connectivity index (χ2n) is 3.68. The molecule has 88 valence electrons. The van der Waals surface area contributed by atoms with Gasteiger partial charge in [-0.3, -0.25) is 4.79 Å². The zero-order valence-corrected chi connectivity index (χ0v) is 9.75. The maximum atomic E-state index is 11.1. The van der Waals surface area contributed by atoms with Crippen LogP contribution in [0.15, 0.2) is 42.6 Å². The molecule has 0 radical (unpaired) electrons. The zero-order valence-electron chi connectivity index (χ0n) is 9.75. The van der Waals surface area contributed by atoms with Gasteiger partial charge in [-0.25, -0.2) is 4.98 Å². The van der Waals surface area contributed by atoms with Crippen molar-refractivity contribution in [2.75, 3.05) is 0 Å². The van der Waals surface area contributed by atoms with Crippen LogP contribution < -0.4 is 4.74 Å². The normalized spacial score (nSPS) is 9.56. The Morgan fingerprint density at radius 3 is 2.78 bits per heavy atom.